The van der Waals surface area contributed by atoms with Gasteiger partial charge in [0.05, 0.1) is 0 Å². The highest BCUT2D eigenvalue weighted by atomic mass is 16.6. The number of rotatable bonds is 41. The maximum atomic E-state index is 12.7. The second kappa shape index (κ2) is 47.0. The lowest BCUT2D eigenvalue weighted by molar-refractivity contribution is -0.167. The van der Waals surface area contributed by atoms with E-state index in [1.807, 2.05) is 0 Å². The van der Waals surface area contributed by atoms with Crippen LogP contribution in [0.3, 0.4) is 0 Å². The van der Waals surface area contributed by atoms with Gasteiger partial charge in [-0.3, -0.25) is 14.4 Å². The van der Waals surface area contributed by atoms with Gasteiger partial charge in [0.15, 0.2) is 6.10 Å². The molecule has 0 fully saturated rings. The first-order valence-electron chi connectivity index (χ1n) is 23.7. The normalized spacial score (nSPS) is 12.9. The molecule has 0 aliphatic heterocycles. The van der Waals surface area contributed by atoms with E-state index in [2.05, 4.69) is 118 Å². The summed E-state index contributed by atoms with van der Waals surface area (Å²) in [7, 11) is 0. The summed E-state index contributed by atoms with van der Waals surface area (Å²) in [6, 6.07) is 0. The first kappa shape index (κ1) is 55.3. The largest absolute Gasteiger partial charge is 0.462 e. The second-order valence-corrected chi connectivity index (χ2v) is 15.3. The Hall–Kier alpha value is -3.67. The number of unbranched alkanes of at least 4 members (excludes halogenated alkanes) is 14. The van der Waals surface area contributed by atoms with Crippen LogP contribution >= 0.6 is 0 Å². The summed E-state index contributed by atoms with van der Waals surface area (Å²) in [5.41, 5.74) is 0. The smallest absolute Gasteiger partial charge is 0.306 e. The lowest BCUT2D eigenvalue weighted by atomic mass is 10.1. The Morgan fingerprint density at radius 1 is 0.356 bits per heavy atom. The molecule has 0 bridgehead atoms. The predicted molar refractivity (Wildman–Crippen MR) is 251 cm³/mol. The van der Waals surface area contributed by atoms with Crippen molar-refractivity contribution in [1.29, 1.82) is 0 Å². The third-order valence-electron chi connectivity index (χ3n) is 9.58. The monoisotopic (exact) mass is 819 g/mol. The van der Waals surface area contributed by atoms with E-state index in [4.69, 9.17) is 14.2 Å². The van der Waals surface area contributed by atoms with Crippen molar-refractivity contribution in [2.24, 2.45) is 0 Å². The maximum absolute atomic E-state index is 12.7. The van der Waals surface area contributed by atoms with Crippen LogP contribution in [0.1, 0.15) is 201 Å². The Balaban J connectivity index is 4.30. The summed E-state index contributed by atoms with van der Waals surface area (Å²) in [6.45, 7) is 6.27. The SMILES string of the molecule is CC/C=C\C/C=C\C/C=C\C/C=C\C/C=C\CCCCCC(=O)OCC(COC(=O)CCCCCCC)OC(=O)CCCCCCCCC/C=C\C/C=C\C/C=C\CC. The number of hydrogen-bond acceptors (Lipinski definition) is 6. The quantitative estimate of drug-likeness (QED) is 0.0265. The molecule has 0 N–H and O–H groups in total. The number of esters is 3. The highest BCUT2D eigenvalue weighted by Crippen LogP contribution is 2.13. The molecule has 0 saturated carbocycles. The Labute approximate surface area is 362 Å². The van der Waals surface area contributed by atoms with Gasteiger partial charge in [-0.2, -0.15) is 0 Å². The van der Waals surface area contributed by atoms with Crippen molar-refractivity contribution >= 4 is 17.9 Å². The van der Waals surface area contributed by atoms with E-state index in [-0.39, 0.29) is 31.1 Å². The molecule has 0 aromatic heterocycles. The van der Waals surface area contributed by atoms with E-state index in [1.54, 1.807) is 0 Å². The van der Waals surface area contributed by atoms with Crippen LogP contribution in [0, 0.1) is 0 Å². The maximum Gasteiger partial charge on any atom is 0.306 e. The zero-order chi connectivity index (χ0) is 43.0. The Morgan fingerprint density at radius 2 is 0.661 bits per heavy atom. The first-order chi connectivity index (χ1) is 29.0. The molecule has 0 aromatic carbocycles. The molecular formula is C53H86O6. The Morgan fingerprint density at radius 3 is 1.05 bits per heavy atom. The summed E-state index contributed by atoms with van der Waals surface area (Å²) >= 11 is 0. The van der Waals surface area contributed by atoms with Crippen molar-refractivity contribution in [1.82, 2.24) is 0 Å². The molecule has 0 aliphatic rings. The molecule has 334 valence electrons. The van der Waals surface area contributed by atoms with Crippen LogP contribution < -0.4 is 0 Å². The van der Waals surface area contributed by atoms with E-state index >= 15 is 0 Å². The number of carbonyl (C=O) groups is 3. The molecule has 1 unspecified atom stereocenters. The fourth-order valence-corrected chi connectivity index (χ4v) is 6.07. The van der Waals surface area contributed by atoms with Crippen LogP contribution in [0.4, 0.5) is 0 Å². The first-order valence-corrected chi connectivity index (χ1v) is 23.7. The third kappa shape index (κ3) is 45.3. The van der Waals surface area contributed by atoms with Crippen LogP contribution in [-0.2, 0) is 28.6 Å². The lowest BCUT2D eigenvalue weighted by Crippen LogP contribution is -2.30. The van der Waals surface area contributed by atoms with E-state index in [1.165, 1.54) is 25.7 Å². The minimum Gasteiger partial charge on any atom is -0.462 e. The minimum absolute atomic E-state index is 0.0946. The molecule has 0 aliphatic carbocycles. The molecule has 6 heteroatoms. The van der Waals surface area contributed by atoms with Crippen LogP contribution in [0.5, 0.6) is 0 Å². The van der Waals surface area contributed by atoms with E-state index < -0.39 is 6.10 Å². The zero-order valence-electron chi connectivity index (χ0n) is 38.0. The van der Waals surface area contributed by atoms with Crippen LogP contribution in [0.25, 0.3) is 0 Å². The number of ether oxygens (including phenoxy) is 3. The Kier molecular flexibility index (Phi) is 44.1. The van der Waals surface area contributed by atoms with E-state index in [0.717, 1.165) is 135 Å². The van der Waals surface area contributed by atoms with Crippen LogP contribution in [-0.4, -0.2) is 37.2 Å². The second-order valence-electron chi connectivity index (χ2n) is 15.3. The molecule has 59 heavy (non-hydrogen) atoms. The van der Waals surface area contributed by atoms with Gasteiger partial charge >= 0.3 is 17.9 Å². The van der Waals surface area contributed by atoms with Crippen molar-refractivity contribution in [2.45, 2.75) is 207 Å². The van der Waals surface area contributed by atoms with Crippen molar-refractivity contribution in [3.05, 3.63) is 97.2 Å². The van der Waals surface area contributed by atoms with Gasteiger partial charge in [0.1, 0.15) is 13.2 Å². The van der Waals surface area contributed by atoms with Crippen molar-refractivity contribution < 1.29 is 28.6 Å². The minimum atomic E-state index is -0.793. The summed E-state index contributed by atoms with van der Waals surface area (Å²) in [5.74, 6) is -0.960. The average Bonchev–Trinajstić information content (AvgIpc) is 3.23. The van der Waals surface area contributed by atoms with Gasteiger partial charge in [0.2, 0.25) is 0 Å². The fourth-order valence-electron chi connectivity index (χ4n) is 6.07. The molecule has 0 radical (unpaired) electrons. The zero-order valence-corrected chi connectivity index (χ0v) is 38.0. The summed E-state index contributed by atoms with van der Waals surface area (Å²) in [5, 5.41) is 0. The number of allylic oxidation sites excluding steroid dienone is 16. The van der Waals surface area contributed by atoms with Gasteiger partial charge < -0.3 is 14.2 Å². The summed E-state index contributed by atoms with van der Waals surface area (Å²) < 4.78 is 16.6. The molecule has 0 amide bonds. The Bertz CT molecular complexity index is 1220. The van der Waals surface area contributed by atoms with E-state index in [9.17, 15) is 14.4 Å². The predicted octanol–water partition coefficient (Wildman–Crippen LogP) is 15.4. The molecule has 0 spiro atoms. The molecule has 0 saturated heterocycles. The van der Waals surface area contributed by atoms with Crippen molar-refractivity contribution in [3.8, 4) is 0 Å². The van der Waals surface area contributed by atoms with Gasteiger partial charge in [0, 0.05) is 19.3 Å². The molecule has 6 nitrogen and oxygen atoms in total. The van der Waals surface area contributed by atoms with Gasteiger partial charge in [-0.05, 0) is 96.3 Å². The summed E-state index contributed by atoms with van der Waals surface area (Å²) in [6.07, 6.45) is 61.3. The van der Waals surface area contributed by atoms with Crippen LogP contribution in [0.2, 0.25) is 0 Å². The fraction of sp³-hybridized carbons (Fsp3) is 0.642. The molecule has 0 aromatic rings. The number of carbonyl (C=O) groups excluding carboxylic acids is 3. The van der Waals surface area contributed by atoms with Crippen molar-refractivity contribution in [2.75, 3.05) is 13.2 Å². The molecule has 0 heterocycles. The van der Waals surface area contributed by atoms with Gasteiger partial charge in [0.25, 0.3) is 0 Å². The number of hydrogen-bond donors (Lipinski definition) is 0. The standard InChI is InChI=1S/C53H86O6/c1-4-7-10-13-15-17-19-21-23-25-26-28-29-31-33-35-37-40-43-46-52(55)58-49-50(48-57-51(54)45-42-39-12-9-6-3)59-53(56)47-44-41-38-36-34-32-30-27-24-22-20-18-16-14-11-8-5-2/h7-8,10-11,15-18,21-24,26,28,31,33,50H,4-6,9,12-14,19-20,25,27,29-30,32,34-49H2,1-3H3/b10-7-,11-8-,17-15-,18-16-,23-21-,24-22-,28-26-,33-31-. The molecular weight excluding hydrogens is 733 g/mol. The van der Waals surface area contributed by atoms with Crippen molar-refractivity contribution in [3.63, 3.8) is 0 Å². The van der Waals surface area contributed by atoms with Crippen LogP contribution in [0.15, 0.2) is 97.2 Å². The van der Waals surface area contributed by atoms with Gasteiger partial charge in [-0.1, -0.05) is 182 Å². The topological polar surface area (TPSA) is 78.9 Å². The lowest BCUT2D eigenvalue weighted by Gasteiger charge is -2.18. The average molecular weight is 819 g/mol. The highest BCUT2D eigenvalue weighted by molar-refractivity contribution is 5.71. The molecule has 1 atom stereocenters. The molecule has 0 rings (SSSR count). The van der Waals surface area contributed by atoms with Gasteiger partial charge in [-0.25, -0.2) is 0 Å². The highest BCUT2D eigenvalue weighted by Gasteiger charge is 2.19. The summed E-state index contributed by atoms with van der Waals surface area (Å²) in [4.78, 5) is 37.6. The van der Waals surface area contributed by atoms with Gasteiger partial charge in [-0.15, -0.1) is 0 Å². The third-order valence-corrected chi connectivity index (χ3v) is 9.58. The van der Waals surface area contributed by atoms with E-state index in [0.29, 0.717) is 19.3 Å².